The van der Waals surface area contributed by atoms with Gasteiger partial charge >= 0.3 is 0 Å². The summed E-state index contributed by atoms with van der Waals surface area (Å²) >= 11 is 0. The quantitative estimate of drug-likeness (QED) is 0.759. The molecule has 1 amide bonds. The second-order valence-electron chi connectivity index (χ2n) is 6.46. The van der Waals surface area contributed by atoms with Gasteiger partial charge in [0.2, 0.25) is 0 Å². The highest BCUT2D eigenvalue weighted by Crippen LogP contribution is 2.21. The molecule has 1 aliphatic rings. The van der Waals surface area contributed by atoms with Crippen LogP contribution in [0.3, 0.4) is 0 Å². The zero-order valence-electron chi connectivity index (χ0n) is 14.4. The van der Waals surface area contributed by atoms with Gasteiger partial charge in [-0.2, -0.15) is 10.2 Å². The Morgan fingerprint density at radius 2 is 2.38 bits per heavy atom. The molecule has 7 heteroatoms. The van der Waals surface area contributed by atoms with Crippen LogP contribution in [0.4, 0.5) is 5.82 Å². The van der Waals surface area contributed by atoms with E-state index in [-0.39, 0.29) is 11.9 Å². The van der Waals surface area contributed by atoms with E-state index in [9.17, 15) is 4.79 Å². The fourth-order valence-electron chi connectivity index (χ4n) is 3.15. The average Bonchev–Trinajstić information content (AvgIpc) is 3.20. The van der Waals surface area contributed by atoms with Crippen molar-refractivity contribution in [1.82, 2.24) is 25.3 Å². The molecule has 7 nitrogen and oxygen atoms in total. The third kappa shape index (κ3) is 3.67. The third-order valence-corrected chi connectivity index (χ3v) is 4.48. The van der Waals surface area contributed by atoms with Gasteiger partial charge in [0.05, 0.1) is 12.2 Å². The molecule has 1 atom stereocenters. The van der Waals surface area contributed by atoms with E-state index in [1.807, 2.05) is 17.7 Å². The number of aryl methyl sites for hydroxylation is 2. The zero-order chi connectivity index (χ0) is 16.9. The first-order valence-electron chi connectivity index (χ1n) is 8.79. The SMILES string of the molecule is CCCCc1cc(NC(=O)c2c(C)cnn2C2CCCNC2)n[nH]1. The minimum atomic E-state index is -0.149. The van der Waals surface area contributed by atoms with Crippen molar-refractivity contribution in [3.8, 4) is 0 Å². The summed E-state index contributed by atoms with van der Waals surface area (Å²) in [5, 5.41) is 17.9. The van der Waals surface area contributed by atoms with Crippen molar-refractivity contribution in [3.05, 3.63) is 29.2 Å². The molecule has 24 heavy (non-hydrogen) atoms. The van der Waals surface area contributed by atoms with Gasteiger partial charge in [0, 0.05) is 23.9 Å². The summed E-state index contributed by atoms with van der Waals surface area (Å²) in [7, 11) is 0. The molecule has 0 saturated carbocycles. The van der Waals surface area contributed by atoms with Gasteiger partial charge in [0.15, 0.2) is 5.82 Å². The Hall–Kier alpha value is -2.15. The summed E-state index contributed by atoms with van der Waals surface area (Å²) in [6, 6.07) is 2.14. The lowest BCUT2D eigenvalue weighted by Gasteiger charge is -2.24. The lowest BCUT2D eigenvalue weighted by atomic mass is 10.1. The number of nitrogens with one attached hydrogen (secondary N) is 3. The second-order valence-corrected chi connectivity index (χ2v) is 6.46. The smallest absolute Gasteiger partial charge is 0.275 e. The van der Waals surface area contributed by atoms with Gasteiger partial charge < -0.3 is 10.6 Å². The normalized spacial score (nSPS) is 17.8. The van der Waals surface area contributed by atoms with Gasteiger partial charge in [-0.25, -0.2) is 0 Å². The molecule has 3 heterocycles. The predicted molar refractivity (Wildman–Crippen MR) is 93.3 cm³/mol. The lowest BCUT2D eigenvalue weighted by Crippen LogP contribution is -2.34. The van der Waals surface area contributed by atoms with Crippen LogP contribution in [0.1, 0.15) is 60.4 Å². The van der Waals surface area contributed by atoms with E-state index in [1.54, 1.807) is 6.20 Å². The first kappa shape index (κ1) is 16.7. The fourth-order valence-corrected chi connectivity index (χ4v) is 3.15. The number of hydrogen-bond acceptors (Lipinski definition) is 4. The molecule has 130 valence electrons. The van der Waals surface area contributed by atoms with E-state index in [0.717, 1.165) is 56.5 Å². The number of anilines is 1. The number of carbonyl (C=O) groups excluding carboxylic acids is 1. The lowest BCUT2D eigenvalue weighted by molar-refractivity contribution is 0.101. The molecule has 0 aliphatic carbocycles. The van der Waals surface area contributed by atoms with Crippen molar-refractivity contribution < 1.29 is 4.79 Å². The van der Waals surface area contributed by atoms with Crippen molar-refractivity contribution in [1.29, 1.82) is 0 Å². The minimum Gasteiger partial charge on any atom is -0.315 e. The molecule has 1 fully saturated rings. The number of unbranched alkanes of at least 4 members (excludes halogenated alkanes) is 1. The van der Waals surface area contributed by atoms with Gasteiger partial charge in [-0.05, 0) is 39.2 Å². The average molecular weight is 330 g/mol. The van der Waals surface area contributed by atoms with Crippen molar-refractivity contribution >= 4 is 11.7 Å². The van der Waals surface area contributed by atoms with Crippen LogP contribution in [-0.2, 0) is 6.42 Å². The first-order valence-corrected chi connectivity index (χ1v) is 8.79. The van der Waals surface area contributed by atoms with E-state index < -0.39 is 0 Å². The molecule has 0 radical (unpaired) electrons. The monoisotopic (exact) mass is 330 g/mol. The van der Waals surface area contributed by atoms with Crippen molar-refractivity contribution in [3.63, 3.8) is 0 Å². The molecule has 3 rings (SSSR count). The van der Waals surface area contributed by atoms with E-state index in [4.69, 9.17) is 0 Å². The second kappa shape index (κ2) is 7.61. The van der Waals surface area contributed by atoms with Crippen LogP contribution in [-0.4, -0.2) is 39.0 Å². The van der Waals surface area contributed by atoms with Crippen LogP contribution >= 0.6 is 0 Å². The van der Waals surface area contributed by atoms with Crippen LogP contribution in [0.25, 0.3) is 0 Å². The number of carbonyl (C=O) groups is 1. The molecular formula is C17H26N6O. The van der Waals surface area contributed by atoms with Crippen LogP contribution in [0, 0.1) is 6.92 Å². The number of hydrogen-bond donors (Lipinski definition) is 3. The highest BCUT2D eigenvalue weighted by Gasteiger charge is 2.24. The summed E-state index contributed by atoms with van der Waals surface area (Å²) < 4.78 is 1.86. The van der Waals surface area contributed by atoms with Gasteiger partial charge in [0.1, 0.15) is 5.69 Å². The third-order valence-electron chi connectivity index (χ3n) is 4.48. The maximum Gasteiger partial charge on any atom is 0.275 e. The van der Waals surface area contributed by atoms with Crippen molar-refractivity contribution in [2.75, 3.05) is 18.4 Å². The topological polar surface area (TPSA) is 87.6 Å². The number of aromatic amines is 1. The van der Waals surface area contributed by atoms with Crippen LogP contribution < -0.4 is 10.6 Å². The number of H-pyrrole nitrogens is 1. The molecule has 0 aromatic carbocycles. The Morgan fingerprint density at radius 1 is 1.50 bits per heavy atom. The summed E-state index contributed by atoms with van der Waals surface area (Å²) in [5.74, 6) is 0.420. The number of piperidine rings is 1. The summed E-state index contributed by atoms with van der Waals surface area (Å²) in [6.07, 6.45) is 7.10. The number of amides is 1. The first-order chi connectivity index (χ1) is 11.7. The van der Waals surface area contributed by atoms with Crippen molar-refractivity contribution in [2.45, 2.75) is 52.0 Å². The molecule has 2 aromatic rings. The Morgan fingerprint density at radius 3 is 3.12 bits per heavy atom. The summed E-state index contributed by atoms with van der Waals surface area (Å²) in [6.45, 7) is 5.96. The highest BCUT2D eigenvalue weighted by atomic mass is 16.2. The molecule has 0 spiro atoms. The van der Waals surface area contributed by atoms with Gasteiger partial charge in [0.25, 0.3) is 5.91 Å². The minimum absolute atomic E-state index is 0.149. The van der Waals surface area contributed by atoms with Crippen LogP contribution in [0.5, 0.6) is 0 Å². The summed E-state index contributed by atoms with van der Waals surface area (Å²) in [5.41, 5.74) is 2.57. The molecule has 2 aromatic heterocycles. The Labute approximate surface area is 142 Å². The molecule has 0 bridgehead atoms. The molecular weight excluding hydrogens is 304 g/mol. The fraction of sp³-hybridized carbons (Fsp3) is 0.588. The van der Waals surface area contributed by atoms with Gasteiger partial charge in [-0.1, -0.05) is 13.3 Å². The molecule has 1 saturated heterocycles. The van der Waals surface area contributed by atoms with E-state index >= 15 is 0 Å². The maximum absolute atomic E-state index is 12.7. The maximum atomic E-state index is 12.7. The predicted octanol–water partition coefficient (Wildman–Crippen LogP) is 2.43. The zero-order valence-corrected chi connectivity index (χ0v) is 14.4. The Balaban J connectivity index is 1.72. The number of rotatable bonds is 6. The summed E-state index contributed by atoms with van der Waals surface area (Å²) in [4.78, 5) is 12.7. The highest BCUT2D eigenvalue weighted by molar-refractivity contribution is 6.03. The standard InChI is InChI=1S/C17H26N6O/c1-3-4-6-13-9-15(22-21-13)20-17(24)16-12(2)10-19-23(16)14-7-5-8-18-11-14/h9-10,14,18H,3-8,11H2,1-2H3,(H2,20,21,22,24). The Bertz CT molecular complexity index is 683. The number of aromatic nitrogens is 4. The van der Waals surface area contributed by atoms with Crippen molar-refractivity contribution in [2.24, 2.45) is 0 Å². The Kier molecular flexibility index (Phi) is 5.30. The molecule has 1 aliphatic heterocycles. The van der Waals surface area contributed by atoms with E-state index in [0.29, 0.717) is 11.5 Å². The van der Waals surface area contributed by atoms with E-state index in [2.05, 4.69) is 32.9 Å². The van der Waals surface area contributed by atoms with Crippen LogP contribution in [0.15, 0.2) is 12.3 Å². The van der Waals surface area contributed by atoms with Crippen LogP contribution in [0.2, 0.25) is 0 Å². The molecule has 1 unspecified atom stereocenters. The number of nitrogens with zero attached hydrogens (tertiary/aromatic N) is 3. The van der Waals surface area contributed by atoms with Gasteiger partial charge in [-0.3, -0.25) is 14.6 Å². The largest absolute Gasteiger partial charge is 0.315 e. The van der Waals surface area contributed by atoms with E-state index in [1.165, 1.54) is 0 Å². The molecule has 3 N–H and O–H groups in total. The van der Waals surface area contributed by atoms with Gasteiger partial charge in [-0.15, -0.1) is 0 Å².